The Balaban J connectivity index is 4.40. The molecule has 71 heavy (non-hydrogen) atoms. The van der Waals surface area contributed by atoms with Gasteiger partial charge in [0, 0.05) is 19.3 Å². The number of rotatable bonds is 56. The van der Waals surface area contributed by atoms with Crippen LogP contribution in [0.4, 0.5) is 0 Å². The average Bonchev–Trinajstić information content (AvgIpc) is 3.37. The highest BCUT2D eigenvalue weighted by Crippen LogP contribution is 2.16. The molecular formula is C65H116O6. The van der Waals surface area contributed by atoms with E-state index in [1.54, 1.807) is 0 Å². The fourth-order valence-corrected chi connectivity index (χ4v) is 8.83. The van der Waals surface area contributed by atoms with Gasteiger partial charge in [-0.2, -0.15) is 0 Å². The van der Waals surface area contributed by atoms with Crippen LogP contribution in [-0.2, 0) is 28.6 Å². The van der Waals surface area contributed by atoms with Gasteiger partial charge in [-0.3, -0.25) is 14.4 Å². The van der Waals surface area contributed by atoms with Crippen molar-refractivity contribution >= 4 is 17.9 Å². The van der Waals surface area contributed by atoms with Crippen LogP contribution in [0.3, 0.4) is 0 Å². The van der Waals surface area contributed by atoms with Gasteiger partial charge in [-0.05, 0) is 89.9 Å². The molecule has 0 aromatic carbocycles. The van der Waals surface area contributed by atoms with E-state index in [0.29, 0.717) is 19.3 Å². The highest BCUT2D eigenvalue weighted by atomic mass is 16.6. The number of unbranched alkanes of at least 4 members (excludes halogenated alkanes) is 35. The van der Waals surface area contributed by atoms with E-state index in [2.05, 4.69) is 81.5 Å². The van der Waals surface area contributed by atoms with Crippen LogP contribution in [0.15, 0.2) is 60.8 Å². The predicted molar refractivity (Wildman–Crippen MR) is 307 cm³/mol. The fourth-order valence-electron chi connectivity index (χ4n) is 8.83. The molecular weight excluding hydrogens is 877 g/mol. The van der Waals surface area contributed by atoms with Crippen molar-refractivity contribution in [2.24, 2.45) is 0 Å². The van der Waals surface area contributed by atoms with Crippen LogP contribution in [0.1, 0.15) is 316 Å². The summed E-state index contributed by atoms with van der Waals surface area (Å²) >= 11 is 0. The number of carbonyl (C=O) groups is 3. The lowest BCUT2D eigenvalue weighted by Gasteiger charge is -2.18. The summed E-state index contributed by atoms with van der Waals surface area (Å²) in [5.41, 5.74) is 0. The molecule has 1 atom stereocenters. The molecule has 0 saturated carbocycles. The molecule has 0 spiro atoms. The van der Waals surface area contributed by atoms with Crippen molar-refractivity contribution in [1.82, 2.24) is 0 Å². The summed E-state index contributed by atoms with van der Waals surface area (Å²) in [5, 5.41) is 0. The lowest BCUT2D eigenvalue weighted by Crippen LogP contribution is -2.30. The number of hydrogen-bond acceptors (Lipinski definition) is 6. The van der Waals surface area contributed by atoms with Crippen molar-refractivity contribution < 1.29 is 28.6 Å². The molecule has 0 aromatic heterocycles. The van der Waals surface area contributed by atoms with Crippen molar-refractivity contribution in [2.45, 2.75) is 322 Å². The Morgan fingerprint density at radius 2 is 0.507 bits per heavy atom. The number of esters is 3. The van der Waals surface area contributed by atoms with Gasteiger partial charge in [0.25, 0.3) is 0 Å². The predicted octanol–water partition coefficient (Wildman–Crippen LogP) is 20.8. The number of allylic oxidation sites excluding steroid dienone is 10. The smallest absolute Gasteiger partial charge is 0.306 e. The summed E-state index contributed by atoms with van der Waals surface area (Å²) in [6.45, 7) is 6.61. The van der Waals surface area contributed by atoms with Crippen LogP contribution in [0, 0.1) is 0 Å². The average molecular weight is 994 g/mol. The van der Waals surface area contributed by atoms with Crippen molar-refractivity contribution in [3.63, 3.8) is 0 Å². The Labute approximate surface area is 440 Å². The molecule has 0 aliphatic rings. The number of hydrogen-bond donors (Lipinski definition) is 0. The van der Waals surface area contributed by atoms with Crippen LogP contribution in [-0.4, -0.2) is 37.2 Å². The molecule has 0 heterocycles. The van der Waals surface area contributed by atoms with Crippen LogP contribution in [0.2, 0.25) is 0 Å². The van der Waals surface area contributed by atoms with Gasteiger partial charge >= 0.3 is 17.9 Å². The Morgan fingerprint density at radius 1 is 0.282 bits per heavy atom. The standard InChI is InChI=1S/C65H116O6/c1-4-7-10-13-16-19-22-25-28-30-32-34-37-39-42-45-48-51-54-57-63(66)69-60-62(71-65(68)59-56-53-50-47-44-41-36-27-24-21-18-15-12-9-6-3)61-70-64(67)58-55-52-49-46-43-40-38-35-33-31-29-26-23-20-17-14-11-8-5-2/h16,19,25,27-28,32,34,36,39,42,62H,4-15,17-18,20-24,26,29-31,33,35,37-38,40-41,43-61H2,1-3H3/b19-16-,28-25-,34-32-,36-27-,42-39-/t62-/m1/s1. The minimum absolute atomic E-state index is 0.0849. The molecule has 6 nitrogen and oxygen atoms in total. The van der Waals surface area contributed by atoms with Crippen molar-refractivity contribution in [3.8, 4) is 0 Å². The second kappa shape index (κ2) is 59.7. The van der Waals surface area contributed by atoms with E-state index < -0.39 is 6.10 Å². The van der Waals surface area contributed by atoms with E-state index in [4.69, 9.17) is 14.2 Å². The minimum Gasteiger partial charge on any atom is -0.462 e. The molecule has 0 unspecified atom stereocenters. The van der Waals surface area contributed by atoms with E-state index in [0.717, 1.165) is 96.3 Å². The second-order valence-corrected chi connectivity index (χ2v) is 20.6. The Hall–Kier alpha value is -2.89. The molecule has 412 valence electrons. The molecule has 0 saturated heterocycles. The Kier molecular flexibility index (Phi) is 57.2. The lowest BCUT2D eigenvalue weighted by atomic mass is 10.0. The molecule has 0 aliphatic heterocycles. The molecule has 0 fully saturated rings. The molecule has 0 aromatic rings. The summed E-state index contributed by atoms with van der Waals surface area (Å²) in [7, 11) is 0. The molecule has 0 bridgehead atoms. The first kappa shape index (κ1) is 68.1. The van der Waals surface area contributed by atoms with E-state index in [1.165, 1.54) is 180 Å². The van der Waals surface area contributed by atoms with E-state index in [9.17, 15) is 14.4 Å². The summed E-state index contributed by atoms with van der Waals surface area (Å²) in [4.78, 5) is 38.2. The molecule has 0 N–H and O–H groups in total. The maximum absolute atomic E-state index is 12.9. The lowest BCUT2D eigenvalue weighted by molar-refractivity contribution is -0.167. The monoisotopic (exact) mass is 993 g/mol. The molecule has 0 amide bonds. The summed E-state index contributed by atoms with van der Waals surface area (Å²) < 4.78 is 16.9. The first-order valence-corrected chi connectivity index (χ1v) is 30.8. The zero-order chi connectivity index (χ0) is 51.4. The quantitative estimate of drug-likeness (QED) is 0.0261. The van der Waals surface area contributed by atoms with Crippen molar-refractivity contribution in [2.75, 3.05) is 13.2 Å². The first-order chi connectivity index (χ1) is 35.0. The zero-order valence-corrected chi connectivity index (χ0v) is 47.2. The third-order valence-electron chi connectivity index (χ3n) is 13.5. The maximum atomic E-state index is 12.9. The van der Waals surface area contributed by atoms with Crippen LogP contribution < -0.4 is 0 Å². The largest absolute Gasteiger partial charge is 0.462 e. The maximum Gasteiger partial charge on any atom is 0.306 e. The van der Waals surface area contributed by atoms with Gasteiger partial charge in [-0.1, -0.05) is 268 Å². The Bertz CT molecular complexity index is 1280. The normalized spacial score (nSPS) is 12.4. The van der Waals surface area contributed by atoms with E-state index in [-0.39, 0.29) is 31.1 Å². The van der Waals surface area contributed by atoms with Gasteiger partial charge < -0.3 is 14.2 Å². The number of ether oxygens (including phenoxy) is 3. The number of carbonyl (C=O) groups excluding carboxylic acids is 3. The van der Waals surface area contributed by atoms with E-state index >= 15 is 0 Å². The molecule has 6 heteroatoms. The van der Waals surface area contributed by atoms with Gasteiger partial charge in [0.1, 0.15) is 13.2 Å². The third-order valence-corrected chi connectivity index (χ3v) is 13.5. The van der Waals surface area contributed by atoms with E-state index in [1.807, 2.05) is 0 Å². The first-order valence-electron chi connectivity index (χ1n) is 30.8. The van der Waals surface area contributed by atoms with Gasteiger partial charge in [0.15, 0.2) is 6.10 Å². The van der Waals surface area contributed by atoms with Crippen molar-refractivity contribution in [3.05, 3.63) is 60.8 Å². The van der Waals surface area contributed by atoms with Gasteiger partial charge in [0.05, 0.1) is 0 Å². The third kappa shape index (κ3) is 57.9. The van der Waals surface area contributed by atoms with Crippen molar-refractivity contribution in [1.29, 1.82) is 0 Å². The van der Waals surface area contributed by atoms with Crippen LogP contribution >= 0.6 is 0 Å². The SMILES string of the molecule is CCCCC/C=C\C/C=C\C/C=C\C/C=C\CCCCCC(=O)OC[C@H](COC(=O)CCCCCCCCCCCCCCCCCCCCC)OC(=O)CCCCCCC/C=C\CCCCCCCC. The zero-order valence-electron chi connectivity index (χ0n) is 47.2. The Morgan fingerprint density at radius 3 is 0.845 bits per heavy atom. The summed E-state index contributed by atoms with van der Waals surface area (Å²) in [6, 6.07) is 0. The van der Waals surface area contributed by atoms with Crippen LogP contribution in [0.25, 0.3) is 0 Å². The molecule has 0 aliphatic carbocycles. The minimum atomic E-state index is -0.791. The fraction of sp³-hybridized carbons (Fsp3) is 0.800. The highest BCUT2D eigenvalue weighted by Gasteiger charge is 2.19. The second-order valence-electron chi connectivity index (χ2n) is 20.6. The van der Waals surface area contributed by atoms with Crippen LogP contribution in [0.5, 0.6) is 0 Å². The van der Waals surface area contributed by atoms with Gasteiger partial charge in [-0.15, -0.1) is 0 Å². The van der Waals surface area contributed by atoms with Gasteiger partial charge in [0.2, 0.25) is 0 Å². The summed E-state index contributed by atoms with van der Waals surface area (Å²) in [5.74, 6) is -0.910. The molecule has 0 radical (unpaired) electrons. The highest BCUT2D eigenvalue weighted by molar-refractivity contribution is 5.71. The molecule has 0 rings (SSSR count). The summed E-state index contributed by atoms with van der Waals surface area (Å²) in [6.07, 6.45) is 75.0. The topological polar surface area (TPSA) is 78.9 Å². The van der Waals surface area contributed by atoms with Gasteiger partial charge in [-0.25, -0.2) is 0 Å².